The van der Waals surface area contributed by atoms with Gasteiger partial charge in [-0.2, -0.15) is 13.1 Å². The highest BCUT2D eigenvalue weighted by atomic mass is 79.9. The van der Waals surface area contributed by atoms with Gasteiger partial charge in [-0.15, -0.1) is 0 Å². The molecule has 0 atom stereocenters. The van der Waals surface area contributed by atoms with Crippen molar-refractivity contribution in [2.24, 2.45) is 0 Å². The molecule has 0 radical (unpaired) electrons. The van der Waals surface area contributed by atoms with Crippen molar-refractivity contribution < 1.29 is 13.2 Å². The number of anilines is 2. The summed E-state index contributed by atoms with van der Waals surface area (Å²) in [5.74, 6) is 0. The van der Waals surface area contributed by atoms with Gasteiger partial charge in [0.05, 0.1) is 12.3 Å². The Morgan fingerprint density at radius 1 is 1.33 bits per heavy atom. The zero-order valence-electron chi connectivity index (χ0n) is 9.54. The van der Waals surface area contributed by atoms with Gasteiger partial charge in [0.1, 0.15) is 0 Å². The van der Waals surface area contributed by atoms with Gasteiger partial charge in [0, 0.05) is 28.3 Å². The summed E-state index contributed by atoms with van der Waals surface area (Å²) >= 11 is 6.49. The first-order valence-electron chi connectivity index (χ1n) is 4.86. The molecule has 0 amide bonds. The second-order valence-electron chi connectivity index (χ2n) is 3.35. The van der Waals surface area contributed by atoms with E-state index in [1.807, 2.05) is 0 Å². The monoisotopic (exact) mass is 401 g/mol. The van der Waals surface area contributed by atoms with Crippen molar-refractivity contribution in [1.29, 1.82) is 0 Å². The van der Waals surface area contributed by atoms with E-state index in [2.05, 4.69) is 41.3 Å². The molecule has 0 fully saturated rings. The van der Waals surface area contributed by atoms with Crippen molar-refractivity contribution >= 4 is 53.4 Å². The molecular formula is C9H13Br2N3O3S. The van der Waals surface area contributed by atoms with Crippen LogP contribution in [-0.4, -0.2) is 28.7 Å². The lowest BCUT2D eigenvalue weighted by atomic mass is 10.3. The lowest BCUT2D eigenvalue weighted by molar-refractivity contribution is 0.204. The fourth-order valence-corrected chi connectivity index (χ4v) is 3.73. The molecule has 1 aromatic carbocycles. The Bertz CT molecular complexity index is 499. The Morgan fingerprint density at radius 2 is 1.89 bits per heavy atom. The number of nitrogens with two attached hydrogens (primary N) is 1. The summed E-state index contributed by atoms with van der Waals surface area (Å²) in [4.78, 5) is 0. The molecule has 6 nitrogen and oxygen atoms in total. The molecule has 4 N–H and O–H groups in total. The number of benzene rings is 1. The van der Waals surface area contributed by atoms with E-state index < -0.39 is 10.2 Å². The smallest absolute Gasteiger partial charge is 0.299 e. The Labute approximate surface area is 123 Å². The van der Waals surface area contributed by atoms with E-state index in [0.717, 1.165) is 0 Å². The number of rotatable bonds is 6. The fraction of sp³-hybridized carbons (Fsp3) is 0.333. The van der Waals surface area contributed by atoms with Crippen LogP contribution in [0.5, 0.6) is 0 Å². The molecule has 0 aliphatic heterocycles. The molecule has 102 valence electrons. The van der Waals surface area contributed by atoms with Gasteiger partial charge in [-0.05, 0) is 44.0 Å². The average molecular weight is 403 g/mol. The van der Waals surface area contributed by atoms with Crippen molar-refractivity contribution in [1.82, 2.24) is 4.72 Å². The van der Waals surface area contributed by atoms with Crippen molar-refractivity contribution in [3.05, 3.63) is 21.1 Å². The Morgan fingerprint density at radius 3 is 2.39 bits per heavy atom. The van der Waals surface area contributed by atoms with E-state index in [9.17, 15) is 8.42 Å². The third-order valence-corrected chi connectivity index (χ3v) is 4.21. The molecule has 1 aromatic rings. The number of nitrogens with one attached hydrogen (secondary N) is 2. The maximum absolute atomic E-state index is 11.7. The first kappa shape index (κ1) is 15.7. The van der Waals surface area contributed by atoms with E-state index in [0.29, 0.717) is 26.9 Å². The average Bonchev–Trinajstić information content (AvgIpc) is 2.23. The zero-order valence-corrected chi connectivity index (χ0v) is 13.5. The highest BCUT2D eigenvalue weighted by molar-refractivity contribution is 9.11. The number of ether oxygens (including phenoxy) is 1. The van der Waals surface area contributed by atoms with Crippen LogP contribution in [0.2, 0.25) is 0 Å². The molecule has 0 bridgehead atoms. The maximum atomic E-state index is 11.7. The van der Waals surface area contributed by atoms with Crippen molar-refractivity contribution in [3.8, 4) is 0 Å². The van der Waals surface area contributed by atoms with E-state index in [4.69, 9.17) is 10.5 Å². The van der Waals surface area contributed by atoms with Gasteiger partial charge in [0.15, 0.2) is 0 Å². The molecule has 18 heavy (non-hydrogen) atoms. The van der Waals surface area contributed by atoms with Crippen LogP contribution >= 0.6 is 31.9 Å². The molecule has 1 rings (SSSR count). The second kappa shape index (κ2) is 6.71. The van der Waals surface area contributed by atoms with Gasteiger partial charge in [0.25, 0.3) is 10.2 Å². The summed E-state index contributed by atoms with van der Waals surface area (Å²) in [5.41, 5.74) is 6.52. The second-order valence-corrected chi connectivity index (χ2v) is 6.56. The Hall–Kier alpha value is -0.350. The molecule has 0 saturated carbocycles. The molecule has 0 heterocycles. The summed E-state index contributed by atoms with van der Waals surface area (Å²) in [7, 11) is -2.15. The van der Waals surface area contributed by atoms with Gasteiger partial charge >= 0.3 is 0 Å². The predicted molar refractivity (Wildman–Crippen MR) is 78.7 cm³/mol. The van der Waals surface area contributed by atoms with E-state index in [1.165, 1.54) is 7.11 Å². The molecule has 0 unspecified atom stereocenters. The van der Waals surface area contributed by atoms with E-state index in [-0.39, 0.29) is 6.54 Å². The largest absolute Gasteiger partial charge is 0.399 e. The van der Waals surface area contributed by atoms with Gasteiger partial charge in [0.2, 0.25) is 0 Å². The van der Waals surface area contributed by atoms with E-state index in [1.54, 1.807) is 12.1 Å². The minimum absolute atomic E-state index is 0.191. The molecule has 0 aliphatic rings. The molecule has 0 saturated heterocycles. The number of hydrogen-bond donors (Lipinski definition) is 3. The highest BCUT2D eigenvalue weighted by Gasteiger charge is 2.14. The maximum Gasteiger partial charge on any atom is 0.299 e. The summed E-state index contributed by atoms with van der Waals surface area (Å²) in [6, 6.07) is 3.22. The van der Waals surface area contributed by atoms with Crippen LogP contribution in [0.4, 0.5) is 11.4 Å². The van der Waals surface area contributed by atoms with Crippen LogP contribution in [-0.2, 0) is 14.9 Å². The SMILES string of the molecule is COCCNS(=O)(=O)Nc1c(Br)cc(N)cc1Br. The summed E-state index contributed by atoms with van der Waals surface area (Å²) in [5, 5.41) is 0. The zero-order chi connectivity index (χ0) is 13.8. The van der Waals surface area contributed by atoms with Crippen LogP contribution in [0.3, 0.4) is 0 Å². The standard InChI is InChI=1S/C9H13Br2N3O3S/c1-17-3-2-13-18(15,16)14-9-7(10)4-6(12)5-8(9)11/h4-5,13-14H,2-3,12H2,1H3. The minimum Gasteiger partial charge on any atom is -0.399 e. The van der Waals surface area contributed by atoms with Crippen molar-refractivity contribution in [2.75, 3.05) is 30.7 Å². The number of nitrogen functional groups attached to an aromatic ring is 1. The highest BCUT2D eigenvalue weighted by Crippen LogP contribution is 2.33. The van der Waals surface area contributed by atoms with Gasteiger partial charge < -0.3 is 10.5 Å². The number of halogens is 2. The van der Waals surface area contributed by atoms with Gasteiger partial charge in [-0.1, -0.05) is 0 Å². The van der Waals surface area contributed by atoms with Crippen molar-refractivity contribution in [3.63, 3.8) is 0 Å². The van der Waals surface area contributed by atoms with E-state index >= 15 is 0 Å². The summed E-state index contributed by atoms with van der Waals surface area (Å²) < 4.78 is 34.0. The topological polar surface area (TPSA) is 93.4 Å². The minimum atomic E-state index is -3.65. The normalized spacial score (nSPS) is 11.5. The predicted octanol–water partition coefficient (Wildman–Crippen LogP) is 1.69. The van der Waals surface area contributed by atoms with Crippen molar-refractivity contribution in [2.45, 2.75) is 0 Å². The lowest BCUT2D eigenvalue weighted by Crippen LogP contribution is -2.32. The molecule has 9 heteroatoms. The quantitative estimate of drug-likeness (QED) is 0.498. The first-order chi connectivity index (χ1) is 8.35. The summed E-state index contributed by atoms with van der Waals surface area (Å²) in [6.07, 6.45) is 0. The van der Waals surface area contributed by atoms with Crippen LogP contribution in [0.25, 0.3) is 0 Å². The molecule has 0 spiro atoms. The fourth-order valence-electron chi connectivity index (χ4n) is 1.14. The lowest BCUT2D eigenvalue weighted by Gasteiger charge is -2.12. The van der Waals surface area contributed by atoms with Crippen LogP contribution < -0.4 is 15.2 Å². The third kappa shape index (κ3) is 4.73. The number of methoxy groups -OCH3 is 1. The summed E-state index contributed by atoms with van der Waals surface area (Å²) in [6.45, 7) is 0.487. The van der Waals surface area contributed by atoms with Crippen LogP contribution in [0.15, 0.2) is 21.1 Å². The molecule has 0 aromatic heterocycles. The third-order valence-electron chi connectivity index (χ3n) is 1.90. The molecular weight excluding hydrogens is 390 g/mol. The van der Waals surface area contributed by atoms with Crippen LogP contribution in [0.1, 0.15) is 0 Å². The van der Waals surface area contributed by atoms with Crippen LogP contribution in [0, 0.1) is 0 Å². The Balaban J connectivity index is 2.84. The number of hydrogen-bond acceptors (Lipinski definition) is 4. The van der Waals surface area contributed by atoms with Gasteiger partial charge in [-0.25, -0.2) is 0 Å². The Kier molecular flexibility index (Phi) is 5.86. The molecule has 0 aliphatic carbocycles. The van der Waals surface area contributed by atoms with Gasteiger partial charge in [-0.3, -0.25) is 4.72 Å². The first-order valence-corrected chi connectivity index (χ1v) is 7.93.